The highest BCUT2D eigenvalue weighted by Crippen LogP contribution is 2.24. The highest BCUT2D eigenvalue weighted by atomic mass is 16.3. The van der Waals surface area contributed by atoms with Crippen LogP contribution in [0.15, 0.2) is 55.1 Å². The van der Waals surface area contributed by atoms with E-state index in [1.165, 1.54) is 5.69 Å². The molecule has 1 aromatic carbocycles. The molecule has 33 heavy (non-hydrogen) atoms. The van der Waals surface area contributed by atoms with Gasteiger partial charge >= 0.3 is 0 Å². The van der Waals surface area contributed by atoms with E-state index in [0.717, 1.165) is 42.9 Å². The second-order valence-electron chi connectivity index (χ2n) is 8.98. The molecule has 0 amide bonds. The van der Waals surface area contributed by atoms with Gasteiger partial charge in [-0.25, -0.2) is 9.67 Å². The van der Waals surface area contributed by atoms with Crippen LogP contribution in [0.3, 0.4) is 0 Å². The Morgan fingerprint density at radius 3 is 2.42 bits per heavy atom. The standard InChI is InChI=1S/C24H28N8O/c1-24(2,33)18-12-21(16-25-15-18)32-22-17(14-27-32)13-26-23(29-22)28-19-4-6-20(7-5-19)31-10-8-30(3)9-11-31/h4-7,12-16,33H,8-11H2,1-3H3,(H,26,28,29). The van der Waals surface area contributed by atoms with Gasteiger partial charge in [0.1, 0.15) is 0 Å². The zero-order valence-corrected chi connectivity index (χ0v) is 19.1. The van der Waals surface area contributed by atoms with E-state index >= 15 is 0 Å². The van der Waals surface area contributed by atoms with Crippen molar-refractivity contribution in [2.45, 2.75) is 19.4 Å². The number of nitrogens with one attached hydrogen (secondary N) is 1. The van der Waals surface area contributed by atoms with E-state index in [-0.39, 0.29) is 0 Å². The molecule has 1 aliphatic heterocycles. The molecule has 0 unspecified atom stereocenters. The fraction of sp³-hybridized carbons (Fsp3) is 0.333. The van der Waals surface area contributed by atoms with Crippen molar-refractivity contribution in [3.63, 3.8) is 0 Å². The van der Waals surface area contributed by atoms with Crippen LogP contribution in [-0.4, -0.2) is 68.0 Å². The topological polar surface area (TPSA) is 95.2 Å². The molecule has 0 atom stereocenters. The zero-order valence-electron chi connectivity index (χ0n) is 19.1. The van der Waals surface area contributed by atoms with Crippen molar-refractivity contribution in [3.05, 3.63) is 60.7 Å². The van der Waals surface area contributed by atoms with Gasteiger partial charge in [-0.05, 0) is 51.2 Å². The van der Waals surface area contributed by atoms with E-state index in [2.05, 4.69) is 61.5 Å². The summed E-state index contributed by atoms with van der Waals surface area (Å²) in [4.78, 5) is 18.2. The Kier molecular flexibility index (Phi) is 5.43. The average Bonchev–Trinajstić information content (AvgIpc) is 3.23. The van der Waals surface area contributed by atoms with Crippen LogP contribution in [0.5, 0.6) is 0 Å². The van der Waals surface area contributed by atoms with Crippen LogP contribution in [0.25, 0.3) is 16.7 Å². The van der Waals surface area contributed by atoms with Crippen molar-refractivity contribution >= 4 is 28.4 Å². The number of nitrogens with zero attached hydrogens (tertiary/aromatic N) is 7. The molecule has 9 heteroatoms. The third kappa shape index (κ3) is 4.50. The lowest BCUT2D eigenvalue weighted by atomic mass is 10.0. The predicted octanol–water partition coefficient (Wildman–Crippen LogP) is 2.93. The van der Waals surface area contributed by atoms with Crippen molar-refractivity contribution in [1.29, 1.82) is 0 Å². The van der Waals surface area contributed by atoms with Crippen LogP contribution in [0.4, 0.5) is 17.3 Å². The largest absolute Gasteiger partial charge is 0.386 e. The second-order valence-corrected chi connectivity index (χ2v) is 8.98. The summed E-state index contributed by atoms with van der Waals surface area (Å²) in [6.45, 7) is 7.70. The highest BCUT2D eigenvalue weighted by molar-refractivity contribution is 5.77. The van der Waals surface area contributed by atoms with E-state index in [9.17, 15) is 5.11 Å². The number of hydrogen-bond donors (Lipinski definition) is 2. The van der Waals surface area contributed by atoms with Crippen molar-refractivity contribution in [3.8, 4) is 5.69 Å². The molecule has 0 radical (unpaired) electrons. The lowest BCUT2D eigenvalue weighted by Crippen LogP contribution is -2.44. The normalized spacial score (nSPS) is 15.2. The quantitative estimate of drug-likeness (QED) is 0.485. The molecule has 2 N–H and O–H groups in total. The van der Waals surface area contributed by atoms with Gasteiger partial charge in [0.2, 0.25) is 5.95 Å². The molecule has 9 nitrogen and oxygen atoms in total. The van der Waals surface area contributed by atoms with Gasteiger partial charge in [-0.3, -0.25) is 4.98 Å². The maximum Gasteiger partial charge on any atom is 0.229 e. The summed E-state index contributed by atoms with van der Waals surface area (Å²) >= 11 is 0. The lowest BCUT2D eigenvalue weighted by molar-refractivity contribution is 0.0782. The first-order valence-electron chi connectivity index (χ1n) is 11.1. The first kappa shape index (κ1) is 21.3. The first-order chi connectivity index (χ1) is 15.9. The van der Waals surface area contributed by atoms with Gasteiger partial charge in [-0.15, -0.1) is 0 Å². The maximum absolute atomic E-state index is 10.3. The number of aliphatic hydroxyl groups is 1. The first-order valence-corrected chi connectivity index (χ1v) is 11.1. The molecule has 1 saturated heterocycles. The van der Waals surface area contributed by atoms with Gasteiger partial charge in [0.25, 0.3) is 0 Å². The molecule has 4 aromatic rings. The van der Waals surface area contributed by atoms with E-state index < -0.39 is 5.60 Å². The van der Waals surface area contributed by atoms with Crippen LogP contribution in [0.1, 0.15) is 19.4 Å². The number of rotatable bonds is 5. The molecule has 0 spiro atoms. The number of anilines is 3. The summed E-state index contributed by atoms with van der Waals surface area (Å²) < 4.78 is 1.71. The number of aromatic nitrogens is 5. The molecule has 170 valence electrons. The van der Waals surface area contributed by atoms with E-state index in [0.29, 0.717) is 17.2 Å². The van der Waals surface area contributed by atoms with E-state index in [1.807, 2.05) is 6.07 Å². The summed E-state index contributed by atoms with van der Waals surface area (Å²) in [5.41, 5.74) is 3.24. The molecule has 1 aliphatic rings. The number of pyridine rings is 1. The van der Waals surface area contributed by atoms with Crippen LogP contribution < -0.4 is 10.2 Å². The molecule has 1 fully saturated rings. The van der Waals surface area contributed by atoms with Gasteiger partial charge in [0, 0.05) is 55.5 Å². The average molecular weight is 445 g/mol. The third-order valence-corrected chi connectivity index (χ3v) is 5.98. The second kappa shape index (κ2) is 8.42. The SMILES string of the molecule is CN1CCN(c2ccc(Nc3ncc4cnn(-c5cncc(C(C)(C)O)c5)c4n3)cc2)CC1. The summed E-state index contributed by atoms with van der Waals surface area (Å²) in [5.74, 6) is 0.489. The van der Waals surface area contributed by atoms with Gasteiger partial charge in [-0.2, -0.15) is 10.1 Å². The fourth-order valence-corrected chi connectivity index (χ4v) is 3.89. The van der Waals surface area contributed by atoms with Crippen LogP contribution >= 0.6 is 0 Å². The Morgan fingerprint density at radius 1 is 0.939 bits per heavy atom. The molecule has 0 bridgehead atoms. The van der Waals surface area contributed by atoms with Crippen molar-refractivity contribution in [2.24, 2.45) is 0 Å². The number of benzene rings is 1. The summed E-state index contributed by atoms with van der Waals surface area (Å²) in [5, 5.41) is 18.9. The number of fused-ring (bicyclic) bond motifs is 1. The molecule has 3 aromatic heterocycles. The van der Waals surface area contributed by atoms with Gasteiger partial charge in [0.05, 0.1) is 29.1 Å². The van der Waals surface area contributed by atoms with E-state index in [1.54, 1.807) is 43.3 Å². The summed E-state index contributed by atoms with van der Waals surface area (Å²) in [6, 6.07) is 10.2. The monoisotopic (exact) mass is 444 g/mol. The Labute approximate surface area is 192 Å². The minimum atomic E-state index is -0.996. The van der Waals surface area contributed by atoms with E-state index in [4.69, 9.17) is 4.98 Å². The highest BCUT2D eigenvalue weighted by Gasteiger charge is 2.18. The third-order valence-electron chi connectivity index (χ3n) is 5.98. The predicted molar refractivity (Wildman–Crippen MR) is 129 cm³/mol. The summed E-state index contributed by atoms with van der Waals surface area (Å²) in [7, 11) is 2.16. The molecule has 0 saturated carbocycles. The molecule has 0 aliphatic carbocycles. The van der Waals surface area contributed by atoms with Gasteiger partial charge < -0.3 is 20.2 Å². The Morgan fingerprint density at radius 2 is 1.70 bits per heavy atom. The Bertz CT molecular complexity index is 1250. The number of piperazine rings is 1. The minimum absolute atomic E-state index is 0.489. The number of hydrogen-bond acceptors (Lipinski definition) is 8. The molecular formula is C24H28N8O. The Hall–Kier alpha value is -3.56. The van der Waals surface area contributed by atoms with Crippen molar-refractivity contribution < 1.29 is 5.11 Å². The van der Waals surface area contributed by atoms with Crippen molar-refractivity contribution in [1.82, 2.24) is 29.6 Å². The van der Waals surface area contributed by atoms with Gasteiger partial charge in [0.15, 0.2) is 5.65 Å². The molecular weight excluding hydrogens is 416 g/mol. The minimum Gasteiger partial charge on any atom is -0.386 e. The maximum atomic E-state index is 10.3. The van der Waals surface area contributed by atoms with Gasteiger partial charge in [-0.1, -0.05) is 0 Å². The zero-order chi connectivity index (χ0) is 23.0. The van der Waals surface area contributed by atoms with Crippen molar-refractivity contribution in [2.75, 3.05) is 43.4 Å². The number of likely N-dealkylation sites (N-methyl/N-ethyl adjacent to an activating group) is 1. The lowest BCUT2D eigenvalue weighted by Gasteiger charge is -2.34. The summed E-state index contributed by atoms with van der Waals surface area (Å²) in [6.07, 6.45) is 6.83. The molecule has 4 heterocycles. The Balaban J connectivity index is 1.38. The smallest absolute Gasteiger partial charge is 0.229 e. The van der Waals surface area contributed by atoms with Crippen LogP contribution in [0, 0.1) is 0 Å². The molecule has 5 rings (SSSR count). The van der Waals surface area contributed by atoms with Crippen LogP contribution in [-0.2, 0) is 5.60 Å². The van der Waals surface area contributed by atoms with Crippen LogP contribution in [0.2, 0.25) is 0 Å². The fourth-order valence-electron chi connectivity index (χ4n) is 3.89.